The van der Waals surface area contributed by atoms with Crippen LogP contribution in [-0.2, 0) is 0 Å². The molecule has 2 nitrogen and oxygen atoms in total. The molecule has 1 unspecified atom stereocenters. The first-order valence-corrected chi connectivity index (χ1v) is 9.56. The van der Waals surface area contributed by atoms with Gasteiger partial charge in [0, 0.05) is 12.3 Å². The van der Waals surface area contributed by atoms with Gasteiger partial charge in [0.1, 0.15) is 0 Å². The third-order valence-electron chi connectivity index (χ3n) is 4.16. The van der Waals surface area contributed by atoms with Crippen LogP contribution in [0.1, 0.15) is 31.4 Å². The number of hydrogen-bond donors (Lipinski definition) is 0. The lowest BCUT2D eigenvalue weighted by atomic mass is 10.1. The molecule has 0 amide bonds. The smallest absolute Gasteiger partial charge is 0.165 e. The van der Waals surface area contributed by atoms with Crippen molar-refractivity contribution in [1.29, 1.82) is 0 Å². The van der Waals surface area contributed by atoms with E-state index < -0.39 is 0 Å². The molecule has 0 saturated carbocycles. The number of aliphatic imine (C=N–C) groups is 1. The van der Waals surface area contributed by atoms with Gasteiger partial charge in [-0.1, -0.05) is 72.4 Å². The zero-order chi connectivity index (χ0) is 16.6. The van der Waals surface area contributed by atoms with Gasteiger partial charge in [-0.15, -0.1) is 0 Å². The molecule has 0 bridgehead atoms. The first-order chi connectivity index (χ1) is 11.9. The molecule has 124 valence electrons. The standard InChI is InChI=1S/C21H24N2S/c1-2-3-4-11-16-23-20(18-12-7-5-8-13-18)17-24-21(23)22-19-14-9-6-10-15-19/h2-3,5-10,12-15,20H,4,11,16-17H2,1H3/b3-2+,22-21?. The molecule has 2 aromatic carbocycles. The summed E-state index contributed by atoms with van der Waals surface area (Å²) in [6, 6.07) is 21.5. The summed E-state index contributed by atoms with van der Waals surface area (Å²) in [6.07, 6.45) is 6.65. The van der Waals surface area contributed by atoms with Gasteiger partial charge in [0.15, 0.2) is 5.17 Å². The molecule has 0 N–H and O–H groups in total. The van der Waals surface area contributed by atoms with Crippen LogP contribution in [-0.4, -0.2) is 22.4 Å². The van der Waals surface area contributed by atoms with Gasteiger partial charge < -0.3 is 4.90 Å². The van der Waals surface area contributed by atoms with Gasteiger partial charge >= 0.3 is 0 Å². The Bertz CT molecular complexity index is 679. The Hall–Kier alpha value is -2.00. The number of allylic oxidation sites excluding steroid dienone is 2. The Labute approximate surface area is 149 Å². The Morgan fingerprint density at radius 2 is 1.79 bits per heavy atom. The molecule has 0 radical (unpaired) electrons. The lowest BCUT2D eigenvalue weighted by Crippen LogP contribution is -2.29. The number of amidine groups is 1. The predicted molar refractivity (Wildman–Crippen MR) is 106 cm³/mol. The van der Waals surface area contributed by atoms with E-state index in [-0.39, 0.29) is 0 Å². The molecule has 0 spiro atoms. The van der Waals surface area contributed by atoms with Gasteiger partial charge in [0.2, 0.25) is 0 Å². The van der Waals surface area contributed by atoms with Crippen LogP contribution in [0.25, 0.3) is 0 Å². The minimum absolute atomic E-state index is 0.421. The largest absolute Gasteiger partial charge is 0.343 e. The lowest BCUT2D eigenvalue weighted by Gasteiger charge is -2.26. The summed E-state index contributed by atoms with van der Waals surface area (Å²) in [4.78, 5) is 7.38. The fourth-order valence-electron chi connectivity index (χ4n) is 2.92. The van der Waals surface area contributed by atoms with Gasteiger partial charge in [-0.05, 0) is 37.5 Å². The molecule has 0 aliphatic carbocycles. The number of unbranched alkanes of at least 4 members (excludes halogenated alkanes) is 1. The van der Waals surface area contributed by atoms with Crippen LogP contribution < -0.4 is 0 Å². The highest BCUT2D eigenvalue weighted by Crippen LogP contribution is 2.36. The second-order valence-electron chi connectivity index (χ2n) is 5.87. The van der Waals surface area contributed by atoms with Gasteiger partial charge in [0.25, 0.3) is 0 Å². The third-order valence-corrected chi connectivity index (χ3v) is 5.23. The van der Waals surface area contributed by atoms with Crippen LogP contribution in [0.15, 0.2) is 77.8 Å². The SMILES string of the molecule is C/C=C/CCCN1C(=Nc2ccccc2)SCC1c1ccccc1. The van der Waals surface area contributed by atoms with E-state index in [1.807, 2.05) is 30.0 Å². The Kier molecular flexibility index (Phi) is 6.13. The van der Waals surface area contributed by atoms with E-state index >= 15 is 0 Å². The molecule has 1 aliphatic heterocycles. The van der Waals surface area contributed by atoms with Crippen molar-refractivity contribution in [3.8, 4) is 0 Å². The normalized spacial score (nSPS) is 19.5. The van der Waals surface area contributed by atoms with Crippen LogP contribution in [0.5, 0.6) is 0 Å². The topological polar surface area (TPSA) is 15.6 Å². The average Bonchev–Trinajstić information content (AvgIpc) is 3.03. The number of rotatable bonds is 6. The van der Waals surface area contributed by atoms with E-state index in [2.05, 4.69) is 66.4 Å². The number of nitrogens with zero attached hydrogens (tertiary/aromatic N) is 2. The number of benzene rings is 2. The van der Waals surface area contributed by atoms with Crippen molar-refractivity contribution < 1.29 is 0 Å². The monoisotopic (exact) mass is 336 g/mol. The molecule has 1 atom stereocenters. The first-order valence-electron chi connectivity index (χ1n) is 8.58. The number of hydrogen-bond acceptors (Lipinski definition) is 2. The van der Waals surface area contributed by atoms with Crippen LogP contribution in [0.3, 0.4) is 0 Å². The average molecular weight is 337 g/mol. The van der Waals surface area contributed by atoms with E-state index in [0.717, 1.165) is 36.0 Å². The summed E-state index contributed by atoms with van der Waals surface area (Å²) < 4.78 is 0. The molecule has 3 rings (SSSR count). The molecule has 24 heavy (non-hydrogen) atoms. The first kappa shape index (κ1) is 16.8. The summed E-state index contributed by atoms with van der Waals surface area (Å²) in [5.41, 5.74) is 2.42. The molecule has 1 saturated heterocycles. The summed E-state index contributed by atoms with van der Waals surface area (Å²) in [6.45, 7) is 3.13. The summed E-state index contributed by atoms with van der Waals surface area (Å²) in [7, 11) is 0. The van der Waals surface area contributed by atoms with Gasteiger partial charge in [0.05, 0.1) is 11.7 Å². The highest BCUT2D eigenvalue weighted by molar-refractivity contribution is 8.14. The van der Waals surface area contributed by atoms with Crippen molar-refractivity contribution >= 4 is 22.6 Å². The van der Waals surface area contributed by atoms with Crippen LogP contribution >= 0.6 is 11.8 Å². The Morgan fingerprint density at radius 1 is 1.08 bits per heavy atom. The van der Waals surface area contributed by atoms with Crippen LogP contribution in [0.4, 0.5) is 5.69 Å². The Morgan fingerprint density at radius 3 is 2.50 bits per heavy atom. The van der Waals surface area contributed by atoms with Crippen molar-refractivity contribution in [2.75, 3.05) is 12.3 Å². The molecular weight excluding hydrogens is 312 g/mol. The molecule has 3 heteroatoms. The van der Waals surface area contributed by atoms with E-state index in [4.69, 9.17) is 4.99 Å². The molecule has 2 aromatic rings. The molecule has 1 fully saturated rings. The van der Waals surface area contributed by atoms with Crippen molar-refractivity contribution in [2.24, 2.45) is 4.99 Å². The number of thioether (sulfide) groups is 1. The summed E-state index contributed by atoms with van der Waals surface area (Å²) in [5, 5.41) is 1.15. The summed E-state index contributed by atoms with van der Waals surface area (Å²) >= 11 is 1.87. The fraction of sp³-hybridized carbons (Fsp3) is 0.286. The van der Waals surface area contributed by atoms with E-state index in [1.54, 1.807) is 0 Å². The quantitative estimate of drug-likeness (QED) is 0.488. The van der Waals surface area contributed by atoms with Crippen molar-refractivity contribution in [2.45, 2.75) is 25.8 Å². The van der Waals surface area contributed by atoms with E-state index in [1.165, 1.54) is 5.56 Å². The zero-order valence-electron chi connectivity index (χ0n) is 14.1. The molecule has 1 aliphatic rings. The maximum atomic E-state index is 4.90. The van der Waals surface area contributed by atoms with Crippen LogP contribution in [0.2, 0.25) is 0 Å². The van der Waals surface area contributed by atoms with Gasteiger partial charge in [-0.2, -0.15) is 0 Å². The van der Waals surface area contributed by atoms with Crippen LogP contribution in [0, 0.1) is 0 Å². The number of para-hydroxylation sites is 1. The maximum Gasteiger partial charge on any atom is 0.165 e. The zero-order valence-corrected chi connectivity index (χ0v) is 15.0. The van der Waals surface area contributed by atoms with Crippen molar-refractivity contribution in [3.63, 3.8) is 0 Å². The minimum atomic E-state index is 0.421. The highest BCUT2D eigenvalue weighted by atomic mass is 32.2. The Balaban J connectivity index is 1.81. The van der Waals surface area contributed by atoms with E-state index in [9.17, 15) is 0 Å². The molecule has 0 aromatic heterocycles. The lowest BCUT2D eigenvalue weighted by molar-refractivity contribution is 0.353. The summed E-state index contributed by atoms with van der Waals surface area (Å²) in [5.74, 6) is 1.07. The predicted octanol–water partition coefficient (Wildman–Crippen LogP) is 5.82. The van der Waals surface area contributed by atoms with E-state index in [0.29, 0.717) is 6.04 Å². The highest BCUT2D eigenvalue weighted by Gasteiger charge is 2.30. The third kappa shape index (κ3) is 4.30. The minimum Gasteiger partial charge on any atom is -0.343 e. The molecule has 1 heterocycles. The van der Waals surface area contributed by atoms with Crippen molar-refractivity contribution in [3.05, 3.63) is 78.4 Å². The van der Waals surface area contributed by atoms with Gasteiger partial charge in [-0.3, -0.25) is 0 Å². The second-order valence-corrected chi connectivity index (χ2v) is 6.86. The van der Waals surface area contributed by atoms with Gasteiger partial charge in [-0.25, -0.2) is 4.99 Å². The molecular formula is C21H24N2S. The van der Waals surface area contributed by atoms with Crippen molar-refractivity contribution in [1.82, 2.24) is 4.90 Å². The maximum absolute atomic E-state index is 4.90. The second kappa shape index (κ2) is 8.74. The fourth-order valence-corrected chi connectivity index (χ4v) is 4.15.